The molecule has 5 heteroatoms. The summed E-state index contributed by atoms with van der Waals surface area (Å²) in [6.45, 7) is 0. The molecule has 0 radical (unpaired) electrons. The molecule has 4 rings (SSSR count). The van der Waals surface area contributed by atoms with E-state index < -0.39 is 0 Å². The van der Waals surface area contributed by atoms with Crippen LogP contribution in [-0.4, -0.2) is 20.4 Å². The van der Waals surface area contributed by atoms with Crippen LogP contribution in [-0.2, 0) is 0 Å². The van der Waals surface area contributed by atoms with Crippen LogP contribution in [0.2, 0.25) is 0 Å². The van der Waals surface area contributed by atoms with Gasteiger partial charge in [-0.15, -0.1) is 0 Å². The lowest BCUT2D eigenvalue weighted by Gasteiger charge is -2.24. The minimum Gasteiger partial charge on any atom is -0.507 e. The second-order valence-corrected chi connectivity index (χ2v) is 5.68. The predicted molar refractivity (Wildman–Crippen MR) is 93.3 cm³/mol. The molecule has 1 heterocycles. The normalized spacial score (nSPS) is 15.5. The number of aromatic hydroxyl groups is 3. The first-order chi connectivity index (χ1) is 12.1. The molecule has 0 fully saturated rings. The number of benzene rings is 2. The van der Waals surface area contributed by atoms with Gasteiger partial charge in [-0.25, -0.2) is 0 Å². The van der Waals surface area contributed by atoms with Crippen molar-refractivity contribution in [2.75, 3.05) is 0 Å². The van der Waals surface area contributed by atoms with Gasteiger partial charge in [0.25, 0.3) is 0 Å². The second-order valence-electron chi connectivity index (χ2n) is 5.68. The van der Waals surface area contributed by atoms with E-state index in [0.717, 1.165) is 5.57 Å². The highest BCUT2D eigenvalue weighted by Gasteiger charge is 2.30. The van der Waals surface area contributed by atoms with Crippen molar-refractivity contribution in [2.24, 2.45) is 0 Å². The first-order valence-electron chi connectivity index (χ1n) is 7.61. The highest BCUT2D eigenvalue weighted by atomic mass is 16.5. The van der Waals surface area contributed by atoms with Crippen LogP contribution in [0.15, 0.2) is 72.0 Å². The zero-order valence-electron chi connectivity index (χ0n) is 13.0. The third-order valence-corrected chi connectivity index (χ3v) is 4.11. The van der Waals surface area contributed by atoms with E-state index in [2.05, 4.69) is 0 Å². The zero-order chi connectivity index (χ0) is 17.6. The molecule has 0 aromatic heterocycles. The Hall–Kier alpha value is -3.60. The molecular formula is C20H14O5. The first-order valence-corrected chi connectivity index (χ1v) is 7.61. The quantitative estimate of drug-likeness (QED) is 0.592. The summed E-state index contributed by atoms with van der Waals surface area (Å²) in [5.41, 5.74) is 1.96. The van der Waals surface area contributed by atoms with Crippen LogP contribution in [0.4, 0.5) is 0 Å². The number of aliphatic hydroxyl groups is 1. The average molecular weight is 334 g/mol. The Morgan fingerprint density at radius 3 is 2.24 bits per heavy atom. The van der Waals surface area contributed by atoms with E-state index in [1.54, 1.807) is 12.1 Å². The van der Waals surface area contributed by atoms with Crippen LogP contribution in [0.3, 0.4) is 0 Å². The Morgan fingerprint density at radius 2 is 1.52 bits per heavy atom. The Morgan fingerprint density at radius 1 is 0.760 bits per heavy atom. The molecular weight excluding hydrogens is 320 g/mol. The van der Waals surface area contributed by atoms with E-state index in [0.29, 0.717) is 22.4 Å². The Labute approximate surface area is 143 Å². The number of allylic oxidation sites excluding steroid dienone is 6. The summed E-state index contributed by atoms with van der Waals surface area (Å²) >= 11 is 0. The number of rotatable bonds is 1. The predicted octanol–water partition coefficient (Wildman–Crippen LogP) is 4.00. The van der Waals surface area contributed by atoms with Gasteiger partial charge in [0.15, 0.2) is 23.0 Å². The number of fused-ring (bicyclic) bond motifs is 1. The lowest BCUT2D eigenvalue weighted by Crippen LogP contribution is -2.10. The molecule has 25 heavy (non-hydrogen) atoms. The van der Waals surface area contributed by atoms with Crippen LogP contribution >= 0.6 is 0 Å². The molecule has 0 bridgehead atoms. The molecule has 0 spiro atoms. The highest BCUT2D eigenvalue weighted by molar-refractivity contribution is 5.96. The van der Waals surface area contributed by atoms with Gasteiger partial charge < -0.3 is 25.2 Å². The Kier molecular flexibility index (Phi) is 3.28. The van der Waals surface area contributed by atoms with Crippen molar-refractivity contribution in [1.82, 2.24) is 0 Å². The summed E-state index contributed by atoms with van der Waals surface area (Å²) in [7, 11) is 0. The van der Waals surface area contributed by atoms with Crippen molar-refractivity contribution >= 4 is 11.3 Å². The van der Waals surface area contributed by atoms with Gasteiger partial charge in [-0.1, -0.05) is 30.4 Å². The maximum absolute atomic E-state index is 10.8. The van der Waals surface area contributed by atoms with Crippen LogP contribution in [0.5, 0.6) is 23.0 Å². The Bertz CT molecular complexity index is 995. The van der Waals surface area contributed by atoms with Gasteiger partial charge in [-0.2, -0.15) is 0 Å². The van der Waals surface area contributed by atoms with Crippen LogP contribution in [0, 0.1) is 0 Å². The van der Waals surface area contributed by atoms with E-state index in [-0.39, 0.29) is 28.8 Å². The molecule has 2 aromatic carbocycles. The minimum atomic E-state index is -0.321. The fourth-order valence-corrected chi connectivity index (χ4v) is 2.93. The summed E-state index contributed by atoms with van der Waals surface area (Å²) < 4.78 is 5.79. The largest absolute Gasteiger partial charge is 0.507 e. The van der Waals surface area contributed by atoms with Crippen molar-refractivity contribution in [2.45, 2.75) is 0 Å². The minimum absolute atomic E-state index is 0.00662. The summed E-state index contributed by atoms with van der Waals surface area (Å²) in [6, 6.07) is 8.99. The Balaban J connectivity index is 1.99. The second kappa shape index (κ2) is 5.49. The molecule has 0 atom stereocenters. The molecule has 5 nitrogen and oxygen atoms in total. The fourth-order valence-electron chi connectivity index (χ4n) is 2.93. The number of aliphatic hydroxyl groups excluding tert-OH is 1. The van der Waals surface area contributed by atoms with E-state index >= 15 is 0 Å². The van der Waals surface area contributed by atoms with Gasteiger partial charge >= 0.3 is 0 Å². The lowest BCUT2D eigenvalue weighted by molar-refractivity contribution is 0.390. The number of ether oxygens (including phenoxy) is 1. The molecule has 124 valence electrons. The van der Waals surface area contributed by atoms with E-state index in [9.17, 15) is 20.4 Å². The van der Waals surface area contributed by atoms with Gasteiger partial charge in [0.05, 0.1) is 5.56 Å². The van der Waals surface area contributed by atoms with Crippen molar-refractivity contribution in [3.8, 4) is 23.0 Å². The van der Waals surface area contributed by atoms with Gasteiger partial charge in [0.2, 0.25) is 0 Å². The maximum Gasteiger partial charge on any atom is 0.177 e. The van der Waals surface area contributed by atoms with Crippen LogP contribution < -0.4 is 4.74 Å². The summed E-state index contributed by atoms with van der Waals surface area (Å²) in [6.07, 6.45) is 7.30. The molecule has 0 saturated heterocycles. The van der Waals surface area contributed by atoms with Crippen LogP contribution in [0.25, 0.3) is 11.3 Å². The third kappa shape index (κ3) is 2.33. The third-order valence-electron chi connectivity index (χ3n) is 4.11. The van der Waals surface area contributed by atoms with E-state index in [1.807, 2.05) is 24.3 Å². The SMILES string of the molecule is OC1=C(c2ccc(O)c(O)c2)Oc2cccc(O)c2C1=C1C=CC=C1. The summed E-state index contributed by atoms with van der Waals surface area (Å²) in [5.74, 6) is -0.241. The summed E-state index contributed by atoms with van der Waals surface area (Å²) in [5, 5.41) is 40.4. The van der Waals surface area contributed by atoms with Crippen molar-refractivity contribution < 1.29 is 25.2 Å². The van der Waals surface area contributed by atoms with Gasteiger partial charge in [0, 0.05) is 11.1 Å². The molecule has 0 amide bonds. The number of hydrogen-bond donors (Lipinski definition) is 4. The smallest absolute Gasteiger partial charge is 0.177 e. The van der Waals surface area contributed by atoms with Crippen molar-refractivity contribution in [1.29, 1.82) is 0 Å². The van der Waals surface area contributed by atoms with E-state index in [4.69, 9.17) is 4.74 Å². The highest BCUT2D eigenvalue weighted by Crippen LogP contribution is 2.47. The average Bonchev–Trinajstić information content (AvgIpc) is 3.12. The van der Waals surface area contributed by atoms with Crippen molar-refractivity contribution in [3.63, 3.8) is 0 Å². The molecule has 2 aromatic rings. The molecule has 1 aliphatic heterocycles. The van der Waals surface area contributed by atoms with Crippen molar-refractivity contribution in [3.05, 3.63) is 83.2 Å². The topological polar surface area (TPSA) is 90.2 Å². The standard InChI is InChI=1S/C20H14O5/c21-13-9-8-12(10-15(13)23)20-19(24)17(11-4-1-2-5-11)18-14(22)6-3-7-16(18)25-20/h1-10,21-24H. The molecule has 0 unspecified atom stereocenters. The molecule has 4 N–H and O–H groups in total. The van der Waals surface area contributed by atoms with Gasteiger partial charge in [0.1, 0.15) is 11.5 Å². The van der Waals surface area contributed by atoms with Crippen LogP contribution in [0.1, 0.15) is 11.1 Å². The monoisotopic (exact) mass is 334 g/mol. The number of phenols is 3. The fraction of sp³-hybridized carbons (Fsp3) is 0. The number of hydrogen-bond acceptors (Lipinski definition) is 5. The van der Waals surface area contributed by atoms with E-state index in [1.165, 1.54) is 24.3 Å². The zero-order valence-corrected chi connectivity index (χ0v) is 13.0. The number of phenolic OH excluding ortho intramolecular Hbond substituents is 3. The van der Waals surface area contributed by atoms with Gasteiger partial charge in [-0.05, 0) is 35.9 Å². The first kappa shape index (κ1) is 15.0. The molecule has 1 aliphatic carbocycles. The summed E-state index contributed by atoms with van der Waals surface area (Å²) in [4.78, 5) is 0. The lowest BCUT2D eigenvalue weighted by atomic mass is 9.93. The molecule has 0 saturated carbocycles. The maximum atomic E-state index is 10.8. The van der Waals surface area contributed by atoms with Gasteiger partial charge in [-0.3, -0.25) is 0 Å². The molecule has 2 aliphatic rings.